The quantitative estimate of drug-likeness (QED) is 0.155. The van der Waals surface area contributed by atoms with Crippen LogP contribution in [0.15, 0.2) is 100 Å². The van der Waals surface area contributed by atoms with Gasteiger partial charge in [-0.25, -0.2) is 19.9 Å². The van der Waals surface area contributed by atoms with Gasteiger partial charge in [-0.05, 0) is 80.1 Å². The van der Waals surface area contributed by atoms with Crippen LogP contribution in [0.25, 0.3) is 33.2 Å². The predicted octanol–water partition coefficient (Wildman–Crippen LogP) is 7.09. The molecule has 0 saturated carbocycles. The van der Waals surface area contributed by atoms with Gasteiger partial charge in [-0.15, -0.1) is 0 Å². The van der Waals surface area contributed by atoms with E-state index in [1.165, 1.54) is 11.1 Å². The van der Waals surface area contributed by atoms with Gasteiger partial charge < -0.3 is 20.6 Å². The van der Waals surface area contributed by atoms with Gasteiger partial charge in [0.05, 0.1) is 23.9 Å². The Bertz CT molecular complexity index is 2250. The van der Waals surface area contributed by atoms with Gasteiger partial charge in [0.1, 0.15) is 35.6 Å². The van der Waals surface area contributed by atoms with Crippen molar-refractivity contribution in [2.75, 3.05) is 10.6 Å². The lowest BCUT2D eigenvalue weighted by Crippen LogP contribution is -1.97. The molecule has 2 aliphatic heterocycles. The number of halogens is 1. The molecule has 0 atom stereocenters. The highest BCUT2D eigenvalue weighted by Crippen LogP contribution is 2.34. The maximum atomic E-state index is 4.46. The molecule has 0 saturated heterocycles. The number of aromatic amines is 2. The summed E-state index contributed by atoms with van der Waals surface area (Å²) in [5, 5.41) is 8.67. The molecule has 45 heavy (non-hydrogen) atoms. The molecule has 218 valence electrons. The van der Waals surface area contributed by atoms with Gasteiger partial charge in [0.2, 0.25) is 0 Å². The summed E-state index contributed by atoms with van der Waals surface area (Å²) < 4.78 is 0.943. The number of nitrogens with one attached hydrogen (secondary N) is 4. The molecule has 11 nitrogen and oxygen atoms in total. The minimum Gasteiger partial charge on any atom is -0.345 e. The SMILES string of the molecule is Brc1c[nH]c2ncnc(Nc3ccc4c(c3)C=NC4)c12.C1=NCc2ccc(Nc3ncnc4[nH]cc(-c5ccncc5)c34)cc21. The molecule has 0 fully saturated rings. The van der Waals surface area contributed by atoms with Crippen LogP contribution in [0.5, 0.6) is 0 Å². The van der Waals surface area contributed by atoms with E-state index >= 15 is 0 Å². The second kappa shape index (κ2) is 11.4. The van der Waals surface area contributed by atoms with E-state index in [0.29, 0.717) is 0 Å². The Kier molecular flexibility index (Phi) is 6.80. The van der Waals surface area contributed by atoms with Crippen molar-refractivity contribution in [3.05, 3.63) is 113 Å². The van der Waals surface area contributed by atoms with E-state index in [0.717, 1.165) is 84.9 Å². The molecule has 0 aliphatic carbocycles. The maximum absolute atomic E-state index is 4.46. The molecule has 5 aromatic heterocycles. The van der Waals surface area contributed by atoms with Crippen molar-refractivity contribution in [3.8, 4) is 11.1 Å². The van der Waals surface area contributed by atoms with Gasteiger partial charge in [-0.2, -0.15) is 0 Å². The van der Waals surface area contributed by atoms with Crippen molar-refractivity contribution in [1.82, 2.24) is 34.9 Å². The summed E-state index contributed by atoms with van der Waals surface area (Å²) in [6.45, 7) is 1.54. The second-order valence-electron chi connectivity index (χ2n) is 10.5. The van der Waals surface area contributed by atoms with E-state index in [-0.39, 0.29) is 0 Å². The van der Waals surface area contributed by atoms with Crippen molar-refractivity contribution in [1.29, 1.82) is 0 Å². The number of H-pyrrole nitrogens is 2. The molecule has 0 unspecified atom stereocenters. The van der Waals surface area contributed by atoms with Crippen LogP contribution in [-0.4, -0.2) is 47.3 Å². The van der Waals surface area contributed by atoms with E-state index in [1.807, 2.05) is 43.0 Å². The van der Waals surface area contributed by atoms with Crippen LogP contribution in [0.2, 0.25) is 0 Å². The molecule has 2 aromatic carbocycles. The predicted molar refractivity (Wildman–Crippen MR) is 181 cm³/mol. The highest BCUT2D eigenvalue weighted by molar-refractivity contribution is 9.10. The number of pyridine rings is 1. The Balaban J connectivity index is 0.000000137. The lowest BCUT2D eigenvalue weighted by Gasteiger charge is -2.09. The van der Waals surface area contributed by atoms with Crippen molar-refractivity contribution in [2.24, 2.45) is 9.98 Å². The Morgan fingerprint density at radius 1 is 0.644 bits per heavy atom. The van der Waals surface area contributed by atoms with Crippen LogP contribution in [0.3, 0.4) is 0 Å². The Labute approximate surface area is 265 Å². The van der Waals surface area contributed by atoms with Gasteiger partial charge in [-0.3, -0.25) is 15.0 Å². The number of rotatable bonds is 5. The molecule has 0 amide bonds. The van der Waals surface area contributed by atoms with E-state index in [9.17, 15) is 0 Å². The fourth-order valence-corrected chi connectivity index (χ4v) is 5.96. The molecule has 9 rings (SSSR count). The molecule has 2 aliphatic rings. The zero-order chi connectivity index (χ0) is 30.2. The van der Waals surface area contributed by atoms with Crippen LogP contribution in [0.4, 0.5) is 23.0 Å². The Morgan fingerprint density at radius 2 is 1.22 bits per heavy atom. The van der Waals surface area contributed by atoms with E-state index in [1.54, 1.807) is 25.0 Å². The van der Waals surface area contributed by atoms with Crippen molar-refractivity contribution in [3.63, 3.8) is 0 Å². The van der Waals surface area contributed by atoms with Crippen LogP contribution < -0.4 is 10.6 Å². The molecule has 0 spiro atoms. The minimum absolute atomic E-state index is 0.761. The van der Waals surface area contributed by atoms with Crippen LogP contribution in [-0.2, 0) is 13.1 Å². The standard InChI is InChI=1S/C19H14N6.C14H10BrN5/c1-2-15(7-14-9-21-8-13(1)14)25-19-17-16(12-3-5-20-6-4-12)10-22-18(17)23-11-24-19;15-11-6-17-13-12(11)14(19-7-18-13)20-10-2-1-8-4-16-5-9(8)3-10/h1-7,9-11H,8H2,(H2,22,23,24,25);1-3,5-7H,4H2,(H2,17,18,19,20). The molecule has 7 heterocycles. The van der Waals surface area contributed by atoms with E-state index in [4.69, 9.17) is 0 Å². The van der Waals surface area contributed by atoms with Crippen LogP contribution in [0, 0.1) is 0 Å². The summed E-state index contributed by atoms with van der Waals surface area (Å²) in [6.07, 6.45) is 14.3. The first-order valence-electron chi connectivity index (χ1n) is 14.2. The first-order valence-corrected chi connectivity index (χ1v) is 15.0. The molecule has 0 bridgehead atoms. The van der Waals surface area contributed by atoms with Gasteiger partial charge in [0.15, 0.2) is 0 Å². The third kappa shape index (κ3) is 5.21. The largest absolute Gasteiger partial charge is 0.345 e. The van der Waals surface area contributed by atoms with Crippen LogP contribution >= 0.6 is 15.9 Å². The lowest BCUT2D eigenvalue weighted by atomic mass is 10.1. The first-order chi connectivity index (χ1) is 22.2. The zero-order valence-corrected chi connectivity index (χ0v) is 25.2. The Morgan fingerprint density at radius 3 is 1.87 bits per heavy atom. The summed E-state index contributed by atoms with van der Waals surface area (Å²) >= 11 is 3.51. The number of fused-ring (bicyclic) bond motifs is 4. The van der Waals surface area contributed by atoms with E-state index < -0.39 is 0 Å². The number of anilines is 4. The zero-order valence-electron chi connectivity index (χ0n) is 23.7. The molecular formula is C33H24BrN11. The summed E-state index contributed by atoms with van der Waals surface area (Å²) in [4.78, 5) is 36.3. The number of hydrogen-bond acceptors (Lipinski definition) is 9. The maximum Gasteiger partial charge on any atom is 0.144 e. The minimum atomic E-state index is 0.761. The summed E-state index contributed by atoms with van der Waals surface area (Å²) in [5.74, 6) is 1.55. The smallest absolute Gasteiger partial charge is 0.144 e. The van der Waals surface area contributed by atoms with Gasteiger partial charge in [0.25, 0.3) is 0 Å². The van der Waals surface area contributed by atoms with E-state index in [2.05, 4.69) is 102 Å². The monoisotopic (exact) mass is 653 g/mol. The van der Waals surface area contributed by atoms with Gasteiger partial charge in [0, 0.05) is 58.6 Å². The topological polar surface area (TPSA) is 145 Å². The van der Waals surface area contributed by atoms with Crippen molar-refractivity contribution < 1.29 is 0 Å². The van der Waals surface area contributed by atoms with Crippen molar-refractivity contribution >= 4 is 73.4 Å². The Hall–Kier alpha value is -5.75. The summed E-state index contributed by atoms with van der Waals surface area (Å²) in [7, 11) is 0. The highest BCUT2D eigenvalue weighted by atomic mass is 79.9. The highest BCUT2D eigenvalue weighted by Gasteiger charge is 2.15. The molecule has 12 heteroatoms. The number of aromatic nitrogens is 7. The average Bonchev–Trinajstić information content (AvgIpc) is 3.89. The average molecular weight is 655 g/mol. The normalized spacial score (nSPS) is 12.6. The third-order valence-corrected chi connectivity index (χ3v) is 8.31. The molecule has 4 N–H and O–H groups in total. The van der Waals surface area contributed by atoms with Gasteiger partial charge >= 0.3 is 0 Å². The molecular weight excluding hydrogens is 630 g/mol. The second-order valence-corrected chi connectivity index (χ2v) is 11.3. The third-order valence-electron chi connectivity index (χ3n) is 7.68. The fourth-order valence-electron chi connectivity index (χ4n) is 5.47. The summed E-state index contributed by atoms with van der Waals surface area (Å²) in [6, 6.07) is 16.4. The fraction of sp³-hybridized carbons (Fsp3) is 0.0606. The number of benzene rings is 2. The van der Waals surface area contributed by atoms with Crippen molar-refractivity contribution in [2.45, 2.75) is 13.1 Å². The lowest BCUT2D eigenvalue weighted by molar-refractivity contribution is 1.11. The van der Waals surface area contributed by atoms with Crippen LogP contribution in [0.1, 0.15) is 22.3 Å². The molecule has 0 radical (unpaired) electrons. The van der Waals surface area contributed by atoms with Gasteiger partial charge in [-0.1, -0.05) is 12.1 Å². The molecule has 7 aromatic rings. The number of aliphatic imine (C=N–C) groups is 2. The number of nitrogens with zero attached hydrogens (tertiary/aromatic N) is 7. The number of hydrogen-bond donors (Lipinski definition) is 4. The summed E-state index contributed by atoms with van der Waals surface area (Å²) in [5.41, 5.74) is 10.5. The first kappa shape index (κ1) is 26.8.